The molecule has 0 saturated heterocycles. The molecule has 3 nitrogen and oxygen atoms in total. The van der Waals surface area contributed by atoms with Gasteiger partial charge in [0.15, 0.2) is 0 Å². The summed E-state index contributed by atoms with van der Waals surface area (Å²) in [4.78, 5) is 0.184. The highest BCUT2D eigenvalue weighted by molar-refractivity contribution is 7.71. The predicted molar refractivity (Wildman–Crippen MR) is 51.8 cm³/mol. The van der Waals surface area contributed by atoms with E-state index in [4.69, 9.17) is 16.6 Å². The second-order valence-corrected chi connectivity index (χ2v) is 3.25. The van der Waals surface area contributed by atoms with Gasteiger partial charge in [0.2, 0.25) is 5.89 Å². The van der Waals surface area contributed by atoms with Crippen LogP contribution >= 0.6 is 12.2 Å². The predicted octanol–water partition coefficient (Wildman–Crippen LogP) is 2.85. The zero-order valence-corrected chi connectivity index (χ0v) is 8.19. The number of benzene rings is 1. The topological polar surface area (TPSA) is 41.8 Å². The average molecular weight is 210 g/mol. The number of aromatic nitrogens is 2. The molecule has 0 radical (unpaired) electrons. The maximum absolute atomic E-state index is 12.9. The summed E-state index contributed by atoms with van der Waals surface area (Å²) in [7, 11) is 0. The Morgan fingerprint density at radius 1 is 1.50 bits per heavy atom. The standard InChI is InChI=1S/C9H7FN2OS/c1-5-2-3-6(10)4-7(5)8-11-12-9(14)13-8/h2-4H,1H3,(H,12,14). The van der Waals surface area contributed by atoms with Gasteiger partial charge in [0, 0.05) is 5.56 Å². The van der Waals surface area contributed by atoms with Gasteiger partial charge in [-0.25, -0.2) is 9.49 Å². The first-order valence-corrected chi connectivity index (χ1v) is 4.39. The highest BCUT2D eigenvalue weighted by Gasteiger charge is 2.08. The summed E-state index contributed by atoms with van der Waals surface area (Å²) in [5.41, 5.74) is 1.49. The van der Waals surface area contributed by atoms with E-state index in [-0.39, 0.29) is 10.7 Å². The molecule has 0 fully saturated rings. The summed E-state index contributed by atoms with van der Waals surface area (Å²) in [6.45, 7) is 1.85. The molecule has 0 unspecified atom stereocenters. The van der Waals surface area contributed by atoms with Crippen LogP contribution in [0.2, 0.25) is 0 Å². The molecular formula is C9H7FN2OS. The lowest BCUT2D eigenvalue weighted by Crippen LogP contribution is -1.85. The van der Waals surface area contributed by atoms with Crippen molar-refractivity contribution in [1.82, 2.24) is 10.2 Å². The molecule has 2 aromatic rings. The SMILES string of the molecule is Cc1ccc(F)cc1-c1n[nH]c(=S)o1. The van der Waals surface area contributed by atoms with Gasteiger partial charge in [0.25, 0.3) is 4.84 Å². The van der Waals surface area contributed by atoms with Gasteiger partial charge >= 0.3 is 0 Å². The molecule has 14 heavy (non-hydrogen) atoms. The zero-order chi connectivity index (χ0) is 10.1. The second-order valence-electron chi connectivity index (χ2n) is 2.88. The van der Waals surface area contributed by atoms with Crippen LogP contribution in [0.3, 0.4) is 0 Å². The fourth-order valence-electron chi connectivity index (χ4n) is 1.17. The van der Waals surface area contributed by atoms with E-state index in [0.29, 0.717) is 11.5 Å². The fraction of sp³-hybridized carbons (Fsp3) is 0.111. The number of aromatic amines is 1. The molecular weight excluding hydrogens is 203 g/mol. The van der Waals surface area contributed by atoms with E-state index in [1.54, 1.807) is 6.07 Å². The van der Waals surface area contributed by atoms with Crippen LogP contribution in [0, 0.1) is 17.6 Å². The normalized spacial score (nSPS) is 10.4. The Labute approximate surface area is 84.6 Å². The number of hydrogen-bond acceptors (Lipinski definition) is 3. The molecule has 0 spiro atoms. The van der Waals surface area contributed by atoms with Crippen molar-refractivity contribution in [2.45, 2.75) is 6.92 Å². The third-order valence-electron chi connectivity index (χ3n) is 1.87. The van der Waals surface area contributed by atoms with Crippen LogP contribution in [-0.4, -0.2) is 10.2 Å². The van der Waals surface area contributed by atoms with Crippen molar-refractivity contribution >= 4 is 12.2 Å². The lowest BCUT2D eigenvalue weighted by atomic mass is 10.1. The van der Waals surface area contributed by atoms with E-state index in [1.807, 2.05) is 6.92 Å². The Morgan fingerprint density at radius 2 is 2.29 bits per heavy atom. The van der Waals surface area contributed by atoms with Gasteiger partial charge in [-0.1, -0.05) is 6.07 Å². The zero-order valence-electron chi connectivity index (χ0n) is 7.37. The molecule has 0 aliphatic rings. The van der Waals surface area contributed by atoms with Gasteiger partial charge < -0.3 is 4.42 Å². The molecule has 1 aromatic heterocycles. The van der Waals surface area contributed by atoms with Crippen LogP contribution in [0.25, 0.3) is 11.5 Å². The maximum atomic E-state index is 12.9. The van der Waals surface area contributed by atoms with E-state index in [9.17, 15) is 4.39 Å². The first-order chi connectivity index (χ1) is 6.66. The first-order valence-electron chi connectivity index (χ1n) is 3.99. The number of aryl methyl sites for hydroxylation is 1. The lowest BCUT2D eigenvalue weighted by Gasteiger charge is -1.99. The molecule has 2 rings (SSSR count). The van der Waals surface area contributed by atoms with Gasteiger partial charge in [-0.05, 0) is 36.8 Å². The Hall–Kier alpha value is -1.49. The van der Waals surface area contributed by atoms with Crippen LogP contribution in [0.1, 0.15) is 5.56 Å². The van der Waals surface area contributed by atoms with E-state index in [2.05, 4.69) is 10.2 Å². The first kappa shape index (κ1) is 9.08. The molecule has 0 saturated carbocycles. The minimum Gasteiger partial charge on any atom is -0.409 e. The molecule has 0 amide bonds. The summed E-state index contributed by atoms with van der Waals surface area (Å²) in [5.74, 6) is -0.0123. The van der Waals surface area contributed by atoms with Gasteiger partial charge in [-0.2, -0.15) is 0 Å². The Kier molecular flexibility index (Phi) is 2.17. The molecule has 5 heteroatoms. The number of nitrogens with one attached hydrogen (secondary N) is 1. The summed E-state index contributed by atoms with van der Waals surface area (Å²) in [6, 6.07) is 4.42. The molecule has 0 atom stereocenters. The van der Waals surface area contributed by atoms with Crippen LogP contribution in [-0.2, 0) is 0 Å². The minimum atomic E-state index is -0.324. The smallest absolute Gasteiger partial charge is 0.284 e. The van der Waals surface area contributed by atoms with Crippen molar-refractivity contribution in [2.24, 2.45) is 0 Å². The average Bonchev–Trinajstić information content (AvgIpc) is 2.56. The van der Waals surface area contributed by atoms with Gasteiger partial charge in [-0.15, -0.1) is 5.10 Å². The number of H-pyrrole nitrogens is 1. The summed E-state index contributed by atoms with van der Waals surface area (Å²) < 4.78 is 18.0. The molecule has 0 aliphatic carbocycles. The van der Waals surface area contributed by atoms with Crippen molar-refractivity contribution in [2.75, 3.05) is 0 Å². The largest absolute Gasteiger partial charge is 0.409 e. The fourth-order valence-corrected chi connectivity index (χ4v) is 1.29. The third-order valence-corrected chi connectivity index (χ3v) is 2.04. The van der Waals surface area contributed by atoms with E-state index in [0.717, 1.165) is 5.56 Å². The highest BCUT2D eigenvalue weighted by Crippen LogP contribution is 2.21. The molecule has 1 heterocycles. The van der Waals surface area contributed by atoms with Crippen molar-refractivity contribution < 1.29 is 8.81 Å². The Morgan fingerprint density at radius 3 is 2.93 bits per heavy atom. The second kappa shape index (κ2) is 3.34. The van der Waals surface area contributed by atoms with Crippen LogP contribution in [0.15, 0.2) is 22.6 Å². The molecule has 1 N–H and O–H groups in total. The summed E-state index contributed by atoms with van der Waals surface area (Å²) in [5, 5.41) is 6.31. The van der Waals surface area contributed by atoms with Gasteiger partial charge in [0.1, 0.15) is 5.82 Å². The number of halogens is 1. The van der Waals surface area contributed by atoms with Gasteiger partial charge in [0.05, 0.1) is 0 Å². The molecule has 0 bridgehead atoms. The summed E-state index contributed by atoms with van der Waals surface area (Å²) >= 11 is 4.73. The maximum Gasteiger partial charge on any atom is 0.284 e. The van der Waals surface area contributed by atoms with E-state index in [1.165, 1.54) is 12.1 Å². The third kappa shape index (κ3) is 1.58. The Balaban J connectivity index is 2.61. The number of rotatable bonds is 1. The van der Waals surface area contributed by atoms with Crippen molar-refractivity contribution in [3.63, 3.8) is 0 Å². The minimum absolute atomic E-state index is 0.184. The monoisotopic (exact) mass is 210 g/mol. The molecule has 72 valence electrons. The van der Waals surface area contributed by atoms with E-state index >= 15 is 0 Å². The van der Waals surface area contributed by atoms with Gasteiger partial charge in [-0.3, -0.25) is 0 Å². The summed E-state index contributed by atoms with van der Waals surface area (Å²) in [6.07, 6.45) is 0. The Bertz CT molecular complexity index is 518. The molecule has 0 aliphatic heterocycles. The lowest BCUT2D eigenvalue weighted by molar-refractivity contribution is 0.550. The highest BCUT2D eigenvalue weighted by atomic mass is 32.1. The van der Waals surface area contributed by atoms with Crippen molar-refractivity contribution in [1.29, 1.82) is 0 Å². The number of hydrogen-bond donors (Lipinski definition) is 1. The van der Waals surface area contributed by atoms with Crippen molar-refractivity contribution in [3.05, 3.63) is 34.4 Å². The van der Waals surface area contributed by atoms with Crippen LogP contribution in [0.4, 0.5) is 4.39 Å². The quantitative estimate of drug-likeness (QED) is 0.736. The number of nitrogens with zero attached hydrogens (tertiary/aromatic N) is 1. The van der Waals surface area contributed by atoms with Crippen molar-refractivity contribution in [3.8, 4) is 11.5 Å². The van der Waals surface area contributed by atoms with E-state index < -0.39 is 0 Å². The van der Waals surface area contributed by atoms with Crippen LogP contribution in [0.5, 0.6) is 0 Å². The molecule has 1 aromatic carbocycles. The van der Waals surface area contributed by atoms with Crippen LogP contribution < -0.4 is 0 Å².